The number of hydrogen-bond donors (Lipinski definition) is 1. The second-order valence-electron chi connectivity index (χ2n) is 5.55. The summed E-state index contributed by atoms with van der Waals surface area (Å²) < 4.78 is 13.7. The third-order valence-electron chi connectivity index (χ3n) is 3.72. The van der Waals surface area contributed by atoms with Gasteiger partial charge in [-0.3, -0.25) is 9.78 Å². The maximum Gasteiger partial charge on any atom is 0.257 e. The maximum atomic E-state index is 13.7. The van der Waals surface area contributed by atoms with E-state index >= 15 is 0 Å². The predicted molar refractivity (Wildman–Crippen MR) is 76.0 cm³/mol. The fourth-order valence-electron chi connectivity index (χ4n) is 2.55. The van der Waals surface area contributed by atoms with E-state index in [-0.39, 0.29) is 17.5 Å². The first-order chi connectivity index (χ1) is 9.59. The van der Waals surface area contributed by atoms with Crippen LogP contribution in [0.5, 0.6) is 0 Å². The molecule has 0 aliphatic carbocycles. The van der Waals surface area contributed by atoms with Gasteiger partial charge in [-0.25, -0.2) is 4.39 Å². The van der Waals surface area contributed by atoms with E-state index in [4.69, 9.17) is 0 Å². The Kier molecular flexibility index (Phi) is 5.06. The van der Waals surface area contributed by atoms with Gasteiger partial charge < -0.3 is 10.2 Å². The maximum absolute atomic E-state index is 13.7. The highest BCUT2D eigenvalue weighted by atomic mass is 19.1. The minimum atomic E-state index is -0.556. The van der Waals surface area contributed by atoms with Gasteiger partial charge in [-0.15, -0.1) is 0 Å². The van der Waals surface area contributed by atoms with Crippen molar-refractivity contribution in [3.63, 3.8) is 0 Å². The molecule has 1 aromatic heterocycles. The zero-order chi connectivity index (χ0) is 14.5. The minimum absolute atomic E-state index is 0.0405. The summed E-state index contributed by atoms with van der Waals surface area (Å²) >= 11 is 0. The van der Waals surface area contributed by atoms with Crippen LogP contribution >= 0.6 is 0 Å². The van der Waals surface area contributed by atoms with Gasteiger partial charge in [0.25, 0.3) is 5.91 Å². The number of carbonyl (C=O) groups is 1. The molecule has 1 aliphatic heterocycles. The zero-order valence-electron chi connectivity index (χ0n) is 12.1. The molecular formula is C15H22FN3O. The topological polar surface area (TPSA) is 45.2 Å². The lowest BCUT2D eigenvalue weighted by molar-refractivity contribution is 0.0672. The predicted octanol–water partition coefficient (Wildman–Crippen LogP) is 2.21. The van der Waals surface area contributed by atoms with Crippen LogP contribution in [0, 0.1) is 5.82 Å². The molecule has 2 rings (SSSR count). The molecule has 1 N–H and O–H groups in total. The summed E-state index contributed by atoms with van der Waals surface area (Å²) in [6, 6.07) is 1.79. The molecule has 4 nitrogen and oxygen atoms in total. The van der Waals surface area contributed by atoms with E-state index in [1.54, 1.807) is 4.90 Å². The Bertz CT molecular complexity index is 458. The summed E-state index contributed by atoms with van der Waals surface area (Å²) in [5.41, 5.74) is 0.101. The molecule has 20 heavy (non-hydrogen) atoms. The van der Waals surface area contributed by atoms with E-state index in [0.29, 0.717) is 12.6 Å². The molecule has 0 spiro atoms. The molecule has 1 amide bonds. The van der Waals surface area contributed by atoms with Crippen molar-refractivity contribution in [2.75, 3.05) is 13.1 Å². The molecule has 1 aliphatic rings. The molecule has 110 valence electrons. The van der Waals surface area contributed by atoms with E-state index in [0.717, 1.165) is 19.2 Å². The van der Waals surface area contributed by atoms with Gasteiger partial charge >= 0.3 is 0 Å². The standard InChI is InChI=1S/C15H22FN3O/c1-11(2)19(10-12-5-3-4-7-18-12)15(20)13-6-8-17-9-14(13)16/h6,8-9,11-12,18H,3-5,7,10H2,1-2H3. The number of nitrogens with one attached hydrogen (secondary N) is 1. The van der Waals surface area contributed by atoms with Crippen molar-refractivity contribution in [2.24, 2.45) is 0 Å². The van der Waals surface area contributed by atoms with E-state index in [1.165, 1.54) is 25.1 Å². The molecule has 1 unspecified atom stereocenters. The van der Waals surface area contributed by atoms with Crippen LogP contribution in [0.1, 0.15) is 43.5 Å². The number of halogens is 1. The Hall–Kier alpha value is -1.49. The van der Waals surface area contributed by atoms with Crippen molar-refractivity contribution in [3.05, 3.63) is 29.8 Å². The van der Waals surface area contributed by atoms with Crippen LogP contribution in [0.4, 0.5) is 4.39 Å². The van der Waals surface area contributed by atoms with Gasteiger partial charge in [-0.2, -0.15) is 0 Å². The molecule has 0 aromatic carbocycles. The molecule has 1 fully saturated rings. The Balaban J connectivity index is 2.11. The number of amides is 1. The van der Waals surface area contributed by atoms with E-state index < -0.39 is 5.82 Å². The number of nitrogens with zero attached hydrogens (tertiary/aromatic N) is 2. The van der Waals surface area contributed by atoms with E-state index in [2.05, 4.69) is 10.3 Å². The summed E-state index contributed by atoms with van der Waals surface area (Å²) in [5.74, 6) is -0.813. The third-order valence-corrected chi connectivity index (χ3v) is 3.72. The summed E-state index contributed by atoms with van der Waals surface area (Å²) in [4.78, 5) is 17.9. The second kappa shape index (κ2) is 6.79. The van der Waals surface area contributed by atoms with Gasteiger partial charge in [0.2, 0.25) is 0 Å². The van der Waals surface area contributed by atoms with Gasteiger partial charge in [-0.05, 0) is 39.3 Å². The Morgan fingerprint density at radius 3 is 2.95 bits per heavy atom. The van der Waals surface area contributed by atoms with Crippen LogP contribution in [0.25, 0.3) is 0 Å². The smallest absolute Gasteiger partial charge is 0.257 e. The van der Waals surface area contributed by atoms with Crippen molar-refractivity contribution < 1.29 is 9.18 Å². The van der Waals surface area contributed by atoms with E-state index in [9.17, 15) is 9.18 Å². The Morgan fingerprint density at radius 1 is 1.55 bits per heavy atom. The average Bonchev–Trinajstić information content (AvgIpc) is 2.45. The SMILES string of the molecule is CC(C)N(CC1CCCCN1)C(=O)c1ccncc1F. The van der Waals surface area contributed by atoms with Crippen molar-refractivity contribution in [1.82, 2.24) is 15.2 Å². The normalized spacial score (nSPS) is 19.1. The highest BCUT2D eigenvalue weighted by Gasteiger charge is 2.25. The molecular weight excluding hydrogens is 257 g/mol. The van der Waals surface area contributed by atoms with Crippen LogP contribution in [0.15, 0.2) is 18.5 Å². The van der Waals surface area contributed by atoms with Crippen LogP contribution in [-0.4, -0.2) is 41.0 Å². The Morgan fingerprint density at radius 2 is 2.35 bits per heavy atom. The van der Waals surface area contributed by atoms with E-state index in [1.807, 2.05) is 13.8 Å². The second-order valence-corrected chi connectivity index (χ2v) is 5.55. The molecule has 0 saturated carbocycles. The lowest BCUT2D eigenvalue weighted by Crippen LogP contribution is -2.48. The quantitative estimate of drug-likeness (QED) is 0.919. The first kappa shape index (κ1) is 14.9. The zero-order valence-corrected chi connectivity index (χ0v) is 12.1. The van der Waals surface area contributed by atoms with Crippen molar-refractivity contribution in [3.8, 4) is 0 Å². The Labute approximate surface area is 119 Å². The van der Waals surface area contributed by atoms with Crippen LogP contribution in [0.3, 0.4) is 0 Å². The van der Waals surface area contributed by atoms with Gasteiger partial charge in [0, 0.05) is 24.8 Å². The highest BCUT2D eigenvalue weighted by Crippen LogP contribution is 2.15. The van der Waals surface area contributed by atoms with Crippen molar-refractivity contribution >= 4 is 5.91 Å². The number of pyridine rings is 1. The molecule has 2 heterocycles. The third kappa shape index (κ3) is 3.54. The van der Waals surface area contributed by atoms with Crippen LogP contribution < -0.4 is 5.32 Å². The van der Waals surface area contributed by atoms with Gasteiger partial charge in [0.15, 0.2) is 5.82 Å². The van der Waals surface area contributed by atoms with Crippen molar-refractivity contribution in [2.45, 2.75) is 45.2 Å². The highest BCUT2D eigenvalue weighted by molar-refractivity contribution is 5.94. The van der Waals surface area contributed by atoms with Crippen molar-refractivity contribution in [1.29, 1.82) is 0 Å². The monoisotopic (exact) mass is 279 g/mol. The molecule has 1 atom stereocenters. The number of aromatic nitrogens is 1. The number of carbonyl (C=O) groups excluding carboxylic acids is 1. The number of hydrogen-bond acceptors (Lipinski definition) is 3. The van der Waals surface area contributed by atoms with Crippen LogP contribution in [-0.2, 0) is 0 Å². The van der Waals surface area contributed by atoms with Crippen LogP contribution in [0.2, 0.25) is 0 Å². The largest absolute Gasteiger partial charge is 0.335 e. The summed E-state index contributed by atoms with van der Waals surface area (Å²) in [5, 5.41) is 3.43. The van der Waals surface area contributed by atoms with Gasteiger partial charge in [0.1, 0.15) is 0 Å². The molecule has 1 aromatic rings. The first-order valence-electron chi connectivity index (χ1n) is 7.23. The molecule has 0 bridgehead atoms. The fraction of sp³-hybridized carbons (Fsp3) is 0.600. The molecule has 5 heteroatoms. The number of piperidine rings is 1. The lowest BCUT2D eigenvalue weighted by atomic mass is 10.0. The van der Waals surface area contributed by atoms with Gasteiger partial charge in [0.05, 0.1) is 11.8 Å². The first-order valence-corrected chi connectivity index (χ1v) is 7.23. The summed E-state index contributed by atoms with van der Waals surface area (Å²) in [7, 11) is 0. The van der Waals surface area contributed by atoms with Gasteiger partial charge in [-0.1, -0.05) is 6.42 Å². The summed E-state index contributed by atoms with van der Waals surface area (Å²) in [6.07, 6.45) is 5.97. The fourth-order valence-corrected chi connectivity index (χ4v) is 2.55. The minimum Gasteiger partial charge on any atom is -0.335 e. The molecule has 0 radical (unpaired) electrons. The molecule has 1 saturated heterocycles. The lowest BCUT2D eigenvalue weighted by Gasteiger charge is -2.33. The number of rotatable bonds is 4. The summed E-state index contributed by atoms with van der Waals surface area (Å²) in [6.45, 7) is 5.53. The average molecular weight is 279 g/mol.